The molecular formula is C10H17N3. The van der Waals surface area contributed by atoms with Crippen LogP contribution in [0.1, 0.15) is 26.0 Å². The van der Waals surface area contributed by atoms with Crippen molar-refractivity contribution in [2.45, 2.75) is 26.8 Å². The molecule has 1 aromatic rings. The van der Waals surface area contributed by atoms with Gasteiger partial charge in [-0.25, -0.2) is 9.97 Å². The van der Waals surface area contributed by atoms with E-state index in [1.807, 2.05) is 6.07 Å². The van der Waals surface area contributed by atoms with Gasteiger partial charge in [0.2, 0.25) is 0 Å². The third kappa shape index (κ3) is 4.58. The Labute approximate surface area is 79.6 Å². The minimum Gasteiger partial charge on any atom is -0.311 e. The minimum atomic E-state index is 0.762. The van der Waals surface area contributed by atoms with Crippen molar-refractivity contribution in [3.8, 4) is 0 Å². The third-order valence-corrected chi connectivity index (χ3v) is 1.85. The van der Waals surface area contributed by atoms with Crippen LogP contribution < -0.4 is 5.32 Å². The maximum Gasteiger partial charge on any atom is 0.115 e. The van der Waals surface area contributed by atoms with E-state index in [9.17, 15) is 0 Å². The molecule has 1 aromatic heterocycles. The summed E-state index contributed by atoms with van der Waals surface area (Å²) in [7, 11) is 0. The molecule has 0 unspecified atom stereocenters. The molecular weight excluding hydrogens is 162 g/mol. The first-order valence-electron chi connectivity index (χ1n) is 4.74. The summed E-state index contributed by atoms with van der Waals surface area (Å²) in [6.45, 7) is 6.36. The Morgan fingerprint density at radius 3 is 2.92 bits per heavy atom. The van der Waals surface area contributed by atoms with Crippen LogP contribution in [-0.4, -0.2) is 16.5 Å². The van der Waals surface area contributed by atoms with E-state index in [4.69, 9.17) is 0 Å². The molecule has 72 valence electrons. The van der Waals surface area contributed by atoms with Crippen LogP contribution in [0.25, 0.3) is 0 Å². The molecule has 1 rings (SSSR count). The van der Waals surface area contributed by atoms with Crippen molar-refractivity contribution >= 4 is 0 Å². The van der Waals surface area contributed by atoms with Crippen LogP contribution in [0, 0.1) is 5.92 Å². The highest BCUT2D eigenvalue weighted by atomic mass is 14.9. The van der Waals surface area contributed by atoms with E-state index < -0.39 is 0 Å². The summed E-state index contributed by atoms with van der Waals surface area (Å²) >= 11 is 0. The van der Waals surface area contributed by atoms with Gasteiger partial charge in [0.15, 0.2) is 0 Å². The molecule has 1 heterocycles. The van der Waals surface area contributed by atoms with Gasteiger partial charge in [-0.1, -0.05) is 13.8 Å². The van der Waals surface area contributed by atoms with Crippen molar-refractivity contribution in [2.75, 3.05) is 6.54 Å². The fourth-order valence-corrected chi connectivity index (χ4v) is 1.03. The second-order valence-electron chi connectivity index (χ2n) is 3.56. The monoisotopic (exact) mass is 179 g/mol. The summed E-state index contributed by atoms with van der Waals surface area (Å²) in [6, 6.07) is 1.93. The van der Waals surface area contributed by atoms with Crippen molar-refractivity contribution in [3.05, 3.63) is 24.3 Å². The van der Waals surface area contributed by atoms with Gasteiger partial charge in [-0.3, -0.25) is 0 Å². The SMILES string of the molecule is CC(C)CCNCc1ccncn1. The molecule has 0 saturated heterocycles. The Balaban J connectivity index is 2.13. The lowest BCUT2D eigenvalue weighted by atomic mass is 10.1. The highest BCUT2D eigenvalue weighted by Gasteiger charge is 1.94. The van der Waals surface area contributed by atoms with Crippen molar-refractivity contribution in [1.82, 2.24) is 15.3 Å². The van der Waals surface area contributed by atoms with Crippen LogP contribution in [0.5, 0.6) is 0 Å². The summed E-state index contributed by atoms with van der Waals surface area (Å²) in [5.41, 5.74) is 1.05. The van der Waals surface area contributed by atoms with Gasteiger partial charge in [-0.15, -0.1) is 0 Å². The van der Waals surface area contributed by atoms with Gasteiger partial charge in [0, 0.05) is 12.7 Å². The Morgan fingerprint density at radius 1 is 1.46 bits per heavy atom. The zero-order chi connectivity index (χ0) is 9.52. The zero-order valence-electron chi connectivity index (χ0n) is 8.33. The normalized spacial score (nSPS) is 10.7. The summed E-state index contributed by atoms with van der Waals surface area (Å²) in [4.78, 5) is 7.98. The van der Waals surface area contributed by atoms with E-state index in [0.717, 1.165) is 24.7 Å². The highest BCUT2D eigenvalue weighted by Crippen LogP contribution is 1.97. The lowest BCUT2D eigenvalue weighted by Gasteiger charge is -2.05. The molecule has 1 N–H and O–H groups in total. The summed E-state index contributed by atoms with van der Waals surface area (Å²) in [5, 5.41) is 3.34. The fraction of sp³-hybridized carbons (Fsp3) is 0.600. The predicted molar refractivity (Wildman–Crippen MR) is 53.2 cm³/mol. The van der Waals surface area contributed by atoms with Crippen LogP contribution in [0.3, 0.4) is 0 Å². The number of nitrogens with one attached hydrogen (secondary N) is 1. The van der Waals surface area contributed by atoms with E-state index in [0.29, 0.717) is 0 Å². The maximum absolute atomic E-state index is 4.12. The maximum atomic E-state index is 4.12. The second kappa shape index (κ2) is 5.65. The van der Waals surface area contributed by atoms with E-state index in [1.165, 1.54) is 6.42 Å². The van der Waals surface area contributed by atoms with Crippen LogP contribution in [0.4, 0.5) is 0 Å². The van der Waals surface area contributed by atoms with Gasteiger partial charge < -0.3 is 5.32 Å². The quantitative estimate of drug-likeness (QED) is 0.698. The summed E-state index contributed by atoms with van der Waals surface area (Å²) < 4.78 is 0. The molecule has 0 aliphatic heterocycles. The first kappa shape index (κ1) is 10.1. The van der Waals surface area contributed by atoms with Gasteiger partial charge >= 0.3 is 0 Å². The first-order chi connectivity index (χ1) is 6.29. The molecule has 3 nitrogen and oxygen atoms in total. The summed E-state index contributed by atoms with van der Waals surface area (Å²) in [6.07, 6.45) is 4.57. The van der Waals surface area contributed by atoms with E-state index in [1.54, 1.807) is 12.5 Å². The lowest BCUT2D eigenvalue weighted by Crippen LogP contribution is -2.16. The fourth-order valence-electron chi connectivity index (χ4n) is 1.03. The Bertz CT molecular complexity index is 221. The zero-order valence-corrected chi connectivity index (χ0v) is 8.33. The van der Waals surface area contributed by atoms with Gasteiger partial charge in [-0.05, 0) is 24.9 Å². The number of rotatable bonds is 5. The van der Waals surface area contributed by atoms with Gasteiger partial charge in [0.05, 0.1) is 5.69 Å². The van der Waals surface area contributed by atoms with Crippen molar-refractivity contribution < 1.29 is 0 Å². The van der Waals surface area contributed by atoms with Gasteiger partial charge in [0.1, 0.15) is 6.33 Å². The smallest absolute Gasteiger partial charge is 0.115 e. The highest BCUT2D eigenvalue weighted by molar-refractivity contribution is 4.96. The van der Waals surface area contributed by atoms with Gasteiger partial charge in [0.25, 0.3) is 0 Å². The molecule has 0 saturated carbocycles. The van der Waals surface area contributed by atoms with Crippen molar-refractivity contribution in [3.63, 3.8) is 0 Å². The molecule has 0 aliphatic rings. The molecule has 13 heavy (non-hydrogen) atoms. The Kier molecular flexibility index (Phi) is 4.40. The molecule has 0 radical (unpaired) electrons. The van der Waals surface area contributed by atoms with Crippen molar-refractivity contribution in [2.24, 2.45) is 5.92 Å². The average Bonchev–Trinajstić information content (AvgIpc) is 2.14. The first-order valence-corrected chi connectivity index (χ1v) is 4.74. The van der Waals surface area contributed by atoms with Crippen molar-refractivity contribution in [1.29, 1.82) is 0 Å². The van der Waals surface area contributed by atoms with E-state index in [2.05, 4.69) is 29.1 Å². The summed E-state index contributed by atoms with van der Waals surface area (Å²) in [5.74, 6) is 0.762. The largest absolute Gasteiger partial charge is 0.311 e. The lowest BCUT2D eigenvalue weighted by molar-refractivity contribution is 0.534. The minimum absolute atomic E-state index is 0.762. The van der Waals surface area contributed by atoms with Crippen LogP contribution >= 0.6 is 0 Å². The average molecular weight is 179 g/mol. The molecule has 3 heteroatoms. The van der Waals surface area contributed by atoms with E-state index >= 15 is 0 Å². The molecule has 0 aliphatic carbocycles. The predicted octanol–water partition coefficient (Wildman–Crippen LogP) is 1.61. The van der Waals surface area contributed by atoms with Crippen LogP contribution in [0.15, 0.2) is 18.6 Å². The molecule has 0 spiro atoms. The number of hydrogen-bond acceptors (Lipinski definition) is 3. The molecule has 0 amide bonds. The topological polar surface area (TPSA) is 37.8 Å². The number of nitrogens with zero attached hydrogens (tertiary/aromatic N) is 2. The van der Waals surface area contributed by atoms with Crippen LogP contribution in [0.2, 0.25) is 0 Å². The number of aromatic nitrogens is 2. The number of hydrogen-bond donors (Lipinski definition) is 1. The van der Waals surface area contributed by atoms with E-state index in [-0.39, 0.29) is 0 Å². The molecule has 0 atom stereocenters. The Morgan fingerprint density at radius 2 is 2.31 bits per heavy atom. The molecule has 0 aromatic carbocycles. The molecule has 0 bridgehead atoms. The van der Waals surface area contributed by atoms with Gasteiger partial charge in [-0.2, -0.15) is 0 Å². The molecule has 0 fully saturated rings. The third-order valence-electron chi connectivity index (χ3n) is 1.85. The second-order valence-corrected chi connectivity index (χ2v) is 3.56. The Hall–Kier alpha value is -0.960. The van der Waals surface area contributed by atoms with Crippen LogP contribution in [-0.2, 0) is 6.54 Å². The standard InChI is InChI=1S/C10H17N3/c1-9(2)3-5-11-7-10-4-6-12-8-13-10/h4,6,8-9,11H,3,5,7H2,1-2H3.